The lowest BCUT2D eigenvalue weighted by Crippen LogP contribution is -2.20. The highest BCUT2D eigenvalue weighted by Crippen LogP contribution is 2.10. The first-order valence-corrected chi connectivity index (χ1v) is 6.52. The highest BCUT2D eigenvalue weighted by atomic mass is 15.1. The Kier molecular flexibility index (Phi) is 4.56. The Balaban J connectivity index is 1.79. The molecule has 0 unspecified atom stereocenters. The van der Waals surface area contributed by atoms with Crippen LogP contribution in [0.15, 0.2) is 30.6 Å². The molecule has 0 aliphatic rings. The number of unbranched alkanes of at least 4 members (excludes halogenated alkanes) is 2. The number of rotatable bonds is 7. The number of imidazole rings is 1. The minimum absolute atomic E-state index is 0.993. The average Bonchev–Trinajstić information content (AvgIpc) is 2.77. The summed E-state index contributed by atoms with van der Waals surface area (Å²) in [4.78, 5) is 4.38. The van der Waals surface area contributed by atoms with Crippen molar-refractivity contribution in [2.45, 2.75) is 32.7 Å². The predicted molar refractivity (Wildman–Crippen MR) is 72.1 cm³/mol. The second-order valence-corrected chi connectivity index (χ2v) is 4.38. The first-order valence-electron chi connectivity index (χ1n) is 6.52. The first-order chi connectivity index (χ1) is 8.42. The third-order valence-corrected chi connectivity index (χ3v) is 3.01. The van der Waals surface area contributed by atoms with Gasteiger partial charge in [-0.1, -0.05) is 31.9 Å². The van der Waals surface area contributed by atoms with Crippen molar-refractivity contribution >= 4 is 11.0 Å². The van der Waals surface area contributed by atoms with Gasteiger partial charge in [-0.05, 0) is 25.1 Å². The van der Waals surface area contributed by atoms with Gasteiger partial charge in [0.2, 0.25) is 0 Å². The Morgan fingerprint density at radius 2 is 2.06 bits per heavy atom. The van der Waals surface area contributed by atoms with Crippen LogP contribution in [0.2, 0.25) is 0 Å². The highest BCUT2D eigenvalue weighted by molar-refractivity contribution is 5.74. The molecule has 0 bridgehead atoms. The summed E-state index contributed by atoms with van der Waals surface area (Å²) in [6.45, 7) is 5.37. The van der Waals surface area contributed by atoms with Gasteiger partial charge in [-0.3, -0.25) is 0 Å². The Bertz CT molecular complexity index is 447. The van der Waals surface area contributed by atoms with Crippen LogP contribution in [-0.2, 0) is 6.54 Å². The highest BCUT2D eigenvalue weighted by Gasteiger charge is 1.99. The van der Waals surface area contributed by atoms with Gasteiger partial charge in [0, 0.05) is 13.1 Å². The molecule has 0 aliphatic heterocycles. The SMILES string of the molecule is CCCCCNCCn1cnc2ccccc21. The van der Waals surface area contributed by atoms with E-state index in [0.717, 1.165) is 25.2 Å². The summed E-state index contributed by atoms with van der Waals surface area (Å²) in [7, 11) is 0. The standard InChI is InChI=1S/C14H21N3/c1-2-3-6-9-15-10-11-17-12-16-13-7-4-5-8-14(13)17/h4-5,7-8,12,15H,2-3,6,9-11H2,1H3. The number of fused-ring (bicyclic) bond motifs is 1. The van der Waals surface area contributed by atoms with Gasteiger partial charge in [-0.25, -0.2) is 4.98 Å². The fraction of sp³-hybridized carbons (Fsp3) is 0.500. The van der Waals surface area contributed by atoms with Crippen LogP contribution in [0.3, 0.4) is 0 Å². The molecule has 17 heavy (non-hydrogen) atoms. The topological polar surface area (TPSA) is 29.9 Å². The summed E-state index contributed by atoms with van der Waals surface area (Å²) in [5.74, 6) is 0. The molecule has 92 valence electrons. The molecule has 3 nitrogen and oxygen atoms in total. The maximum absolute atomic E-state index is 4.38. The fourth-order valence-electron chi connectivity index (χ4n) is 2.01. The number of benzene rings is 1. The maximum atomic E-state index is 4.38. The molecule has 2 aromatic rings. The molecule has 1 heterocycles. The molecular formula is C14H21N3. The van der Waals surface area contributed by atoms with E-state index in [1.54, 1.807) is 0 Å². The van der Waals surface area contributed by atoms with Crippen molar-refractivity contribution in [2.24, 2.45) is 0 Å². The van der Waals surface area contributed by atoms with Crippen LogP contribution in [-0.4, -0.2) is 22.6 Å². The van der Waals surface area contributed by atoms with Crippen molar-refractivity contribution in [3.63, 3.8) is 0 Å². The lowest BCUT2D eigenvalue weighted by molar-refractivity contribution is 0.575. The molecule has 0 fully saturated rings. The molecule has 0 saturated heterocycles. The zero-order valence-electron chi connectivity index (χ0n) is 10.5. The second kappa shape index (κ2) is 6.40. The third kappa shape index (κ3) is 3.30. The smallest absolute Gasteiger partial charge is 0.0958 e. The molecule has 0 saturated carbocycles. The largest absolute Gasteiger partial charge is 0.329 e. The van der Waals surface area contributed by atoms with E-state index in [-0.39, 0.29) is 0 Å². The Hall–Kier alpha value is -1.35. The summed E-state index contributed by atoms with van der Waals surface area (Å²) in [6, 6.07) is 8.28. The summed E-state index contributed by atoms with van der Waals surface area (Å²) in [5.41, 5.74) is 2.31. The van der Waals surface area contributed by atoms with Gasteiger partial charge in [-0.15, -0.1) is 0 Å². The van der Waals surface area contributed by atoms with Gasteiger partial charge in [-0.2, -0.15) is 0 Å². The Morgan fingerprint density at radius 3 is 2.94 bits per heavy atom. The minimum atomic E-state index is 0.993. The van der Waals surface area contributed by atoms with Gasteiger partial charge in [0.05, 0.1) is 17.4 Å². The van der Waals surface area contributed by atoms with Crippen LogP contribution in [0.5, 0.6) is 0 Å². The lowest BCUT2D eigenvalue weighted by atomic mass is 10.2. The molecule has 0 aliphatic carbocycles. The molecule has 1 aromatic carbocycles. The molecule has 0 atom stereocenters. The van der Waals surface area contributed by atoms with E-state index in [0.29, 0.717) is 0 Å². The molecule has 3 heteroatoms. The van der Waals surface area contributed by atoms with Crippen molar-refractivity contribution < 1.29 is 0 Å². The fourth-order valence-corrected chi connectivity index (χ4v) is 2.01. The van der Waals surface area contributed by atoms with Crippen LogP contribution in [0.25, 0.3) is 11.0 Å². The maximum Gasteiger partial charge on any atom is 0.0958 e. The van der Waals surface area contributed by atoms with E-state index >= 15 is 0 Å². The molecule has 1 aromatic heterocycles. The predicted octanol–water partition coefficient (Wildman–Crippen LogP) is 2.82. The number of nitrogens with one attached hydrogen (secondary N) is 1. The van der Waals surface area contributed by atoms with Gasteiger partial charge >= 0.3 is 0 Å². The van der Waals surface area contributed by atoms with Crippen LogP contribution in [0.1, 0.15) is 26.2 Å². The molecule has 1 N–H and O–H groups in total. The van der Waals surface area contributed by atoms with E-state index in [1.807, 2.05) is 12.4 Å². The van der Waals surface area contributed by atoms with Crippen molar-refractivity contribution in [1.29, 1.82) is 0 Å². The zero-order valence-corrected chi connectivity index (χ0v) is 10.5. The average molecular weight is 231 g/mol. The molecule has 2 rings (SSSR count). The van der Waals surface area contributed by atoms with Crippen molar-refractivity contribution in [3.05, 3.63) is 30.6 Å². The number of aromatic nitrogens is 2. The van der Waals surface area contributed by atoms with Gasteiger partial charge in [0.15, 0.2) is 0 Å². The van der Waals surface area contributed by atoms with Crippen molar-refractivity contribution in [1.82, 2.24) is 14.9 Å². The number of hydrogen-bond donors (Lipinski definition) is 1. The normalized spacial score (nSPS) is 11.1. The van der Waals surface area contributed by atoms with Gasteiger partial charge in [0.1, 0.15) is 0 Å². The number of hydrogen-bond acceptors (Lipinski definition) is 2. The molecule has 0 radical (unpaired) electrons. The van der Waals surface area contributed by atoms with E-state index in [1.165, 1.54) is 24.8 Å². The van der Waals surface area contributed by atoms with Crippen LogP contribution >= 0.6 is 0 Å². The first kappa shape index (κ1) is 12.1. The van der Waals surface area contributed by atoms with Gasteiger partial charge in [0.25, 0.3) is 0 Å². The van der Waals surface area contributed by atoms with Crippen LogP contribution < -0.4 is 5.32 Å². The van der Waals surface area contributed by atoms with Crippen molar-refractivity contribution in [3.8, 4) is 0 Å². The third-order valence-electron chi connectivity index (χ3n) is 3.01. The number of para-hydroxylation sites is 2. The van der Waals surface area contributed by atoms with Crippen LogP contribution in [0, 0.1) is 0 Å². The summed E-state index contributed by atoms with van der Waals surface area (Å²) in [5, 5.41) is 3.47. The summed E-state index contributed by atoms with van der Waals surface area (Å²) < 4.78 is 2.21. The number of nitrogens with zero attached hydrogens (tertiary/aromatic N) is 2. The van der Waals surface area contributed by atoms with Gasteiger partial charge < -0.3 is 9.88 Å². The summed E-state index contributed by atoms with van der Waals surface area (Å²) >= 11 is 0. The van der Waals surface area contributed by atoms with E-state index in [4.69, 9.17) is 0 Å². The van der Waals surface area contributed by atoms with Crippen molar-refractivity contribution in [2.75, 3.05) is 13.1 Å². The summed E-state index contributed by atoms with van der Waals surface area (Å²) in [6.07, 6.45) is 5.81. The molecule has 0 spiro atoms. The minimum Gasteiger partial charge on any atom is -0.329 e. The Labute approximate surface area is 103 Å². The Morgan fingerprint density at radius 1 is 1.18 bits per heavy atom. The van der Waals surface area contributed by atoms with E-state index in [2.05, 4.69) is 40.0 Å². The zero-order chi connectivity index (χ0) is 11.9. The molecular weight excluding hydrogens is 210 g/mol. The second-order valence-electron chi connectivity index (χ2n) is 4.38. The quantitative estimate of drug-likeness (QED) is 0.743. The van der Waals surface area contributed by atoms with Crippen LogP contribution in [0.4, 0.5) is 0 Å². The molecule has 0 amide bonds. The van der Waals surface area contributed by atoms with E-state index in [9.17, 15) is 0 Å². The lowest BCUT2D eigenvalue weighted by Gasteiger charge is -2.06. The van der Waals surface area contributed by atoms with E-state index < -0.39 is 0 Å². The monoisotopic (exact) mass is 231 g/mol.